The van der Waals surface area contributed by atoms with Gasteiger partial charge in [0.15, 0.2) is 0 Å². The third-order valence-electron chi connectivity index (χ3n) is 2.86. The van der Waals surface area contributed by atoms with Gasteiger partial charge < -0.3 is 10.3 Å². The maximum atomic E-state index is 11.6. The van der Waals surface area contributed by atoms with Gasteiger partial charge in [-0.25, -0.2) is 0 Å². The van der Waals surface area contributed by atoms with Crippen molar-refractivity contribution in [3.8, 4) is 0 Å². The van der Waals surface area contributed by atoms with Gasteiger partial charge in [0.25, 0.3) is 5.56 Å². The van der Waals surface area contributed by atoms with Crippen molar-refractivity contribution in [3.63, 3.8) is 0 Å². The average molecular weight is 236 g/mol. The van der Waals surface area contributed by atoms with Gasteiger partial charge in [-0.05, 0) is 18.9 Å². The second kappa shape index (κ2) is 4.29. The van der Waals surface area contributed by atoms with Crippen LogP contribution >= 0.6 is 11.3 Å². The highest BCUT2D eigenvalue weighted by atomic mass is 32.1. The Balaban J connectivity index is 2.66. The number of hydrogen-bond donors (Lipinski definition) is 1. The van der Waals surface area contributed by atoms with Gasteiger partial charge in [-0.3, -0.25) is 4.79 Å². The molecule has 0 atom stereocenters. The number of anilines is 1. The maximum absolute atomic E-state index is 11.6. The lowest BCUT2D eigenvalue weighted by Gasteiger charge is -2.04. The summed E-state index contributed by atoms with van der Waals surface area (Å²) in [4.78, 5) is 11.6. The molecular formula is C12H16N2OS. The van der Waals surface area contributed by atoms with E-state index in [4.69, 9.17) is 5.73 Å². The molecule has 0 bridgehead atoms. The van der Waals surface area contributed by atoms with Crippen molar-refractivity contribution in [1.82, 2.24) is 4.57 Å². The Hall–Kier alpha value is -1.29. The fourth-order valence-electron chi connectivity index (χ4n) is 1.94. The van der Waals surface area contributed by atoms with E-state index < -0.39 is 0 Å². The smallest absolute Gasteiger partial charge is 0.250 e. The fraction of sp³-hybridized carbons (Fsp3) is 0.417. The number of aryl methyl sites for hydroxylation is 2. The van der Waals surface area contributed by atoms with Crippen molar-refractivity contribution in [1.29, 1.82) is 0 Å². The van der Waals surface area contributed by atoms with Crippen molar-refractivity contribution < 1.29 is 0 Å². The summed E-state index contributed by atoms with van der Waals surface area (Å²) < 4.78 is 2.80. The summed E-state index contributed by atoms with van der Waals surface area (Å²) >= 11 is 1.57. The SMILES string of the molecule is CCCCc1c(N)sc2ccc(=O)n(C)c12. The first-order chi connectivity index (χ1) is 7.65. The van der Waals surface area contributed by atoms with E-state index >= 15 is 0 Å². The summed E-state index contributed by atoms with van der Waals surface area (Å²) in [6, 6.07) is 3.47. The zero-order valence-electron chi connectivity index (χ0n) is 9.62. The van der Waals surface area contributed by atoms with Crippen LogP contribution in [0.4, 0.5) is 5.00 Å². The molecule has 0 spiro atoms. The molecule has 2 N–H and O–H groups in total. The van der Waals surface area contributed by atoms with Crippen LogP contribution in [-0.2, 0) is 13.5 Å². The zero-order chi connectivity index (χ0) is 11.7. The van der Waals surface area contributed by atoms with Crippen molar-refractivity contribution in [2.75, 3.05) is 5.73 Å². The molecule has 0 radical (unpaired) electrons. The third kappa shape index (κ3) is 1.73. The molecule has 0 fully saturated rings. The Morgan fingerprint density at radius 2 is 2.19 bits per heavy atom. The molecule has 3 nitrogen and oxygen atoms in total. The van der Waals surface area contributed by atoms with E-state index in [0.29, 0.717) is 0 Å². The second-order valence-electron chi connectivity index (χ2n) is 3.99. The standard InChI is InChI=1S/C12H16N2OS/c1-3-4-5-8-11-9(16-12(8)13)6-7-10(15)14(11)2/h6-7H,3-5,13H2,1-2H3. The highest BCUT2D eigenvalue weighted by Gasteiger charge is 2.12. The highest BCUT2D eigenvalue weighted by Crippen LogP contribution is 2.33. The molecule has 0 aromatic carbocycles. The zero-order valence-corrected chi connectivity index (χ0v) is 10.4. The second-order valence-corrected chi connectivity index (χ2v) is 5.08. The Bertz CT molecular complexity index is 568. The Morgan fingerprint density at radius 1 is 1.44 bits per heavy atom. The molecule has 0 amide bonds. The highest BCUT2D eigenvalue weighted by molar-refractivity contribution is 7.22. The minimum atomic E-state index is 0.0306. The van der Waals surface area contributed by atoms with Gasteiger partial charge in [0, 0.05) is 18.7 Å². The molecule has 2 aromatic heterocycles. The molecular weight excluding hydrogens is 220 g/mol. The molecule has 2 aromatic rings. The molecule has 0 aliphatic rings. The molecule has 16 heavy (non-hydrogen) atoms. The summed E-state index contributed by atoms with van der Waals surface area (Å²) in [6.07, 6.45) is 3.20. The summed E-state index contributed by atoms with van der Waals surface area (Å²) in [5.41, 5.74) is 8.20. The first-order valence-corrected chi connectivity index (χ1v) is 6.33. The fourth-order valence-corrected chi connectivity index (χ4v) is 2.99. The van der Waals surface area contributed by atoms with Crippen LogP contribution in [0.25, 0.3) is 10.2 Å². The molecule has 0 unspecified atom stereocenters. The van der Waals surface area contributed by atoms with Gasteiger partial charge in [-0.15, -0.1) is 11.3 Å². The van der Waals surface area contributed by atoms with Gasteiger partial charge in [0.2, 0.25) is 0 Å². The summed E-state index contributed by atoms with van der Waals surface area (Å²) in [5, 5.41) is 0.852. The van der Waals surface area contributed by atoms with Crippen LogP contribution in [0, 0.1) is 0 Å². The van der Waals surface area contributed by atoms with Crippen molar-refractivity contribution >= 4 is 26.6 Å². The van der Waals surface area contributed by atoms with Gasteiger partial charge in [0.05, 0.1) is 15.2 Å². The Kier molecular flexibility index (Phi) is 3.01. The van der Waals surface area contributed by atoms with Crippen LogP contribution in [-0.4, -0.2) is 4.57 Å². The molecule has 86 valence electrons. The molecule has 0 saturated carbocycles. The monoisotopic (exact) mass is 236 g/mol. The molecule has 2 rings (SSSR count). The number of fused-ring (bicyclic) bond motifs is 1. The van der Waals surface area contributed by atoms with Crippen LogP contribution in [0.15, 0.2) is 16.9 Å². The number of nitrogen functional groups attached to an aromatic ring is 1. The first-order valence-electron chi connectivity index (χ1n) is 5.52. The predicted molar refractivity (Wildman–Crippen MR) is 70.1 cm³/mol. The molecule has 4 heteroatoms. The third-order valence-corrected chi connectivity index (χ3v) is 3.88. The van der Waals surface area contributed by atoms with E-state index in [9.17, 15) is 4.79 Å². The van der Waals surface area contributed by atoms with Crippen LogP contribution in [0.5, 0.6) is 0 Å². The first kappa shape index (κ1) is 11.2. The normalized spacial score (nSPS) is 11.1. The number of hydrogen-bond acceptors (Lipinski definition) is 3. The average Bonchev–Trinajstić information content (AvgIpc) is 2.58. The Labute approximate surface area is 98.5 Å². The number of thiophene rings is 1. The van der Waals surface area contributed by atoms with Crippen LogP contribution < -0.4 is 11.3 Å². The minimum Gasteiger partial charge on any atom is -0.390 e. The molecule has 0 aliphatic heterocycles. The number of pyridine rings is 1. The number of rotatable bonds is 3. The lowest BCUT2D eigenvalue weighted by atomic mass is 10.1. The number of unbranched alkanes of at least 4 members (excludes halogenated alkanes) is 1. The number of nitrogens with two attached hydrogens (primary N) is 1. The van der Waals surface area contributed by atoms with Gasteiger partial charge >= 0.3 is 0 Å². The minimum absolute atomic E-state index is 0.0306. The van der Waals surface area contributed by atoms with Crippen molar-refractivity contribution in [2.45, 2.75) is 26.2 Å². The lowest BCUT2D eigenvalue weighted by Crippen LogP contribution is -2.15. The number of aromatic nitrogens is 1. The lowest BCUT2D eigenvalue weighted by molar-refractivity contribution is 0.794. The molecule has 0 aliphatic carbocycles. The van der Waals surface area contributed by atoms with Gasteiger partial charge in [0.1, 0.15) is 0 Å². The van der Waals surface area contributed by atoms with E-state index in [0.717, 1.165) is 40.0 Å². The van der Waals surface area contributed by atoms with Gasteiger partial charge in [-0.2, -0.15) is 0 Å². The van der Waals surface area contributed by atoms with Crippen LogP contribution in [0.1, 0.15) is 25.3 Å². The van der Waals surface area contributed by atoms with E-state index in [1.165, 1.54) is 0 Å². The van der Waals surface area contributed by atoms with Crippen LogP contribution in [0.2, 0.25) is 0 Å². The van der Waals surface area contributed by atoms with Gasteiger partial charge in [-0.1, -0.05) is 13.3 Å². The van der Waals surface area contributed by atoms with E-state index in [2.05, 4.69) is 6.92 Å². The summed E-state index contributed by atoms with van der Waals surface area (Å²) in [7, 11) is 1.81. The van der Waals surface area contributed by atoms with Crippen LogP contribution in [0.3, 0.4) is 0 Å². The summed E-state index contributed by atoms with van der Waals surface area (Å²) in [5.74, 6) is 0. The predicted octanol–water partition coefficient (Wildman–Crippen LogP) is 2.52. The molecule has 2 heterocycles. The maximum Gasteiger partial charge on any atom is 0.250 e. The summed E-state index contributed by atoms with van der Waals surface area (Å²) in [6.45, 7) is 2.16. The van der Waals surface area contributed by atoms with Crippen molar-refractivity contribution in [2.24, 2.45) is 7.05 Å². The topological polar surface area (TPSA) is 48.0 Å². The van der Waals surface area contributed by atoms with E-state index in [1.54, 1.807) is 22.0 Å². The Morgan fingerprint density at radius 3 is 2.88 bits per heavy atom. The quantitative estimate of drug-likeness (QED) is 0.890. The number of nitrogens with zero attached hydrogens (tertiary/aromatic N) is 1. The van der Waals surface area contributed by atoms with Crippen molar-refractivity contribution in [3.05, 3.63) is 28.0 Å². The van der Waals surface area contributed by atoms with E-state index in [1.807, 2.05) is 13.1 Å². The molecule has 0 saturated heterocycles. The largest absolute Gasteiger partial charge is 0.390 e. The van der Waals surface area contributed by atoms with E-state index in [-0.39, 0.29) is 5.56 Å².